The molecule has 0 N–H and O–H groups in total. The molecule has 2 aliphatic heterocycles. The molecule has 154 valence electrons. The van der Waals surface area contributed by atoms with Gasteiger partial charge in [0.15, 0.2) is 0 Å². The van der Waals surface area contributed by atoms with E-state index in [1.807, 2.05) is 48.8 Å². The normalized spacial score (nSPS) is 30.2. The maximum Gasteiger partial charge on any atom is 0.115 e. The molecule has 1 saturated carbocycles. The third-order valence-corrected chi connectivity index (χ3v) is 8.09. The predicted octanol–water partition coefficient (Wildman–Crippen LogP) is 5.24. The number of aromatic nitrogens is 4. The average molecular weight is 416 g/mol. The Morgan fingerprint density at radius 1 is 0.625 bits per heavy atom. The molecule has 1 aromatic carbocycles. The average Bonchev–Trinajstić information content (AvgIpc) is 3.62. The highest BCUT2D eigenvalue weighted by molar-refractivity contribution is 5.73. The lowest BCUT2D eigenvalue weighted by Crippen LogP contribution is -2.28. The fourth-order valence-electron chi connectivity index (χ4n) is 7.10. The topological polar surface area (TPSA) is 60.8 Å². The van der Waals surface area contributed by atoms with Gasteiger partial charge in [0.1, 0.15) is 11.4 Å². The van der Waals surface area contributed by atoms with Crippen LogP contribution in [0.2, 0.25) is 0 Å². The van der Waals surface area contributed by atoms with Crippen LogP contribution in [-0.2, 0) is 4.74 Å². The van der Waals surface area contributed by atoms with Crippen LogP contribution in [0, 0.1) is 11.8 Å². The van der Waals surface area contributed by atoms with Gasteiger partial charge in [-0.3, -0.25) is 9.97 Å². The van der Waals surface area contributed by atoms with Crippen LogP contribution in [0.1, 0.15) is 52.7 Å². The lowest BCUT2D eigenvalue weighted by molar-refractivity contribution is 0.0456. The van der Waals surface area contributed by atoms with E-state index in [1.54, 1.807) is 0 Å². The molecule has 2 aliphatic carbocycles. The van der Waals surface area contributed by atoms with Crippen LogP contribution in [0.25, 0.3) is 22.8 Å². The third kappa shape index (κ3) is 2.03. The number of benzene rings is 1. The number of fused-ring (bicyclic) bond motifs is 15. The standard InChI is InChI=1S/C27H20N4O/c1-2-8-15-14(7-1)26-22-16-13-17(23(22)27(15)32-26)21-20(16)24(18-9-3-5-11-28-18)30-31-25(21)19-10-4-6-12-29-19/h1-12,16-17,22-23,26-27H,13H2/t16-,17+,22+,23-,26-,27+. The Morgan fingerprint density at radius 3 is 1.59 bits per heavy atom. The zero-order chi connectivity index (χ0) is 20.8. The summed E-state index contributed by atoms with van der Waals surface area (Å²) in [5, 5.41) is 9.49. The molecule has 4 bridgehead atoms. The Labute approximate surface area is 185 Å². The van der Waals surface area contributed by atoms with E-state index in [1.165, 1.54) is 22.3 Å². The maximum atomic E-state index is 6.64. The van der Waals surface area contributed by atoms with Crippen LogP contribution in [0.15, 0.2) is 73.1 Å². The van der Waals surface area contributed by atoms with E-state index < -0.39 is 0 Å². The second-order valence-electron chi connectivity index (χ2n) is 9.36. The van der Waals surface area contributed by atoms with Crippen molar-refractivity contribution in [2.75, 3.05) is 0 Å². The van der Waals surface area contributed by atoms with E-state index in [0.717, 1.165) is 29.2 Å². The van der Waals surface area contributed by atoms with Crippen LogP contribution >= 0.6 is 0 Å². The van der Waals surface area contributed by atoms with Crippen molar-refractivity contribution in [3.63, 3.8) is 0 Å². The minimum atomic E-state index is 0.187. The summed E-state index contributed by atoms with van der Waals surface area (Å²) in [6.45, 7) is 0. The van der Waals surface area contributed by atoms with Gasteiger partial charge in [0.05, 0.1) is 23.6 Å². The molecule has 4 aromatic rings. The van der Waals surface area contributed by atoms with Crippen LogP contribution < -0.4 is 0 Å². The van der Waals surface area contributed by atoms with E-state index in [4.69, 9.17) is 14.9 Å². The summed E-state index contributed by atoms with van der Waals surface area (Å²) in [6.07, 6.45) is 5.19. The highest BCUT2D eigenvalue weighted by Crippen LogP contribution is 2.74. The van der Waals surface area contributed by atoms with Crippen LogP contribution in [0.4, 0.5) is 0 Å². The van der Waals surface area contributed by atoms with Gasteiger partial charge in [-0.05, 0) is 64.8 Å². The minimum Gasteiger partial charge on any atom is -0.365 e. The first-order valence-corrected chi connectivity index (χ1v) is 11.4. The molecule has 32 heavy (non-hydrogen) atoms. The SMILES string of the molecule is c1ccc(-c2nnc(-c3ccccn3)c3c2[C@H]2C[C@@H]3[C@@H]3[C@H]2[C@@H]2O[C@H]3c3ccccc32)nc1. The molecular weight excluding hydrogens is 396 g/mol. The van der Waals surface area contributed by atoms with E-state index in [2.05, 4.69) is 34.2 Å². The van der Waals surface area contributed by atoms with Gasteiger partial charge in [-0.15, -0.1) is 10.2 Å². The fourth-order valence-corrected chi connectivity index (χ4v) is 7.10. The molecular formula is C27H20N4O. The van der Waals surface area contributed by atoms with Crippen molar-refractivity contribution in [3.05, 3.63) is 95.3 Å². The zero-order valence-electron chi connectivity index (χ0n) is 17.3. The Kier molecular flexibility index (Phi) is 3.26. The Hall–Kier alpha value is -3.44. The summed E-state index contributed by atoms with van der Waals surface area (Å²) in [7, 11) is 0. The molecule has 0 amide bonds. The largest absolute Gasteiger partial charge is 0.365 e. The van der Waals surface area contributed by atoms with Crippen molar-refractivity contribution in [1.82, 2.24) is 20.2 Å². The van der Waals surface area contributed by atoms with Gasteiger partial charge in [-0.25, -0.2) is 0 Å². The Balaban J connectivity index is 1.37. The smallest absolute Gasteiger partial charge is 0.115 e. The highest BCUT2D eigenvalue weighted by atomic mass is 16.5. The first kappa shape index (κ1) is 17.2. The van der Waals surface area contributed by atoms with Crippen LogP contribution in [0.5, 0.6) is 0 Å². The van der Waals surface area contributed by atoms with Crippen molar-refractivity contribution < 1.29 is 4.74 Å². The number of rotatable bonds is 2. The summed E-state index contributed by atoms with van der Waals surface area (Å²) in [4.78, 5) is 9.27. The van der Waals surface area contributed by atoms with Crippen molar-refractivity contribution in [2.45, 2.75) is 30.5 Å². The Morgan fingerprint density at radius 2 is 1.12 bits per heavy atom. The molecule has 6 atom stereocenters. The molecule has 5 heteroatoms. The molecule has 0 unspecified atom stereocenters. The number of hydrogen-bond donors (Lipinski definition) is 0. The van der Waals surface area contributed by atoms with Gasteiger partial charge < -0.3 is 4.74 Å². The van der Waals surface area contributed by atoms with Crippen molar-refractivity contribution in [3.8, 4) is 22.8 Å². The molecule has 1 saturated heterocycles. The fraction of sp³-hybridized carbons (Fsp3) is 0.259. The monoisotopic (exact) mass is 416 g/mol. The second-order valence-corrected chi connectivity index (χ2v) is 9.36. The summed E-state index contributed by atoms with van der Waals surface area (Å²) in [5.74, 6) is 1.82. The van der Waals surface area contributed by atoms with Gasteiger partial charge in [-0.1, -0.05) is 36.4 Å². The predicted molar refractivity (Wildman–Crippen MR) is 119 cm³/mol. The Bertz CT molecular complexity index is 1270. The summed E-state index contributed by atoms with van der Waals surface area (Å²) < 4.78 is 6.64. The van der Waals surface area contributed by atoms with Crippen molar-refractivity contribution in [2.24, 2.45) is 11.8 Å². The van der Waals surface area contributed by atoms with E-state index in [0.29, 0.717) is 23.7 Å². The lowest BCUT2D eigenvalue weighted by Gasteiger charge is -2.35. The molecule has 5 heterocycles. The summed E-state index contributed by atoms with van der Waals surface area (Å²) in [6, 6.07) is 20.8. The minimum absolute atomic E-state index is 0.187. The van der Waals surface area contributed by atoms with Gasteiger partial charge in [0.2, 0.25) is 0 Å². The molecule has 4 aliphatic rings. The van der Waals surface area contributed by atoms with Gasteiger partial charge >= 0.3 is 0 Å². The molecule has 8 rings (SSSR count). The van der Waals surface area contributed by atoms with Gasteiger partial charge in [0.25, 0.3) is 0 Å². The van der Waals surface area contributed by atoms with E-state index in [-0.39, 0.29) is 12.2 Å². The first-order chi connectivity index (χ1) is 15.9. The van der Waals surface area contributed by atoms with E-state index in [9.17, 15) is 0 Å². The quantitative estimate of drug-likeness (QED) is 0.447. The first-order valence-electron chi connectivity index (χ1n) is 11.4. The zero-order valence-corrected chi connectivity index (χ0v) is 17.3. The third-order valence-electron chi connectivity index (χ3n) is 8.09. The van der Waals surface area contributed by atoms with E-state index >= 15 is 0 Å². The summed E-state index contributed by atoms with van der Waals surface area (Å²) in [5.41, 5.74) is 9.11. The summed E-state index contributed by atoms with van der Waals surface area (Å²) >= 11 is 0. The second kappa shape index (κ2) is 6.08. The molecule has 0 spiro atoms. The highest BCUT2D eigenvalue weighted by Gasteiger charge is 2.65. The molecule has 2 fully saturated rings. The van der Waals surface area contributed by atoms with Gasteiger partial charge in [0, 0.05) is 24.2 Å². The molecule has 3 aromatic heterocycles. The number of hydrogen-bond acceptors (Lipinski definition) is 5. The van der Waals surface area contributed by atoms with Gasteiger partial charge in [-0.2, -0.15) is 0 Å². The number of nitrogens with zero attached hydrogens (tertiary/aromatic N) is 4. The molecule has 5 nitrogen and oxygen atoms in total. The van der Waals surface area contributed by atoms with Crippen molar-refractivity contribution in [1.29, 1.82) is 0 Å². The number of pyridine rings is 2. The molecule has 0 radical (unpaired) electrons. The van der Waals surface area contributed by atoms with Crippen LogP contribution in [0.3, 0.4) is 0 Å². The lowest BCUT2D eigenvalue weighted by atomic mass is 9.66. The van der Waals surface area contributed by atoms with Crippen molar-refractivity contribution >= 4 is 0 Å². The van der Waals surface area contributed by atoms with Crippen LogP contribution in [-0.4, -0.2) is 20.2 Å². The number of ether oxygens (including phenoxy) is 1. The maximum absolute atomic E-state index is 6.64.